The monoisotopic (exact) mass is 1000 g/mol. The topological polar surface area (TPSA) is 38.7 Å². The van der Waals surface area contributed by atoms with Crippen molar-refractivity contribution in [1.29, 1.82) is 0 Å². The molecule has 3 aromatic heterocycles. The molecular formula is C75H53N3. The lowest BCUT2D eigenvalue weighted by molar-refractivity contribution is 1.29. The summed E-state index contributed by atoms with van der Waals surface area (Å²) in [5.74, 6) is 0. The molecule has 0 fully saturated rings. The molecule has 0 saturated heterocycles. The van der Waals surface area contributed by atoms with Gasteiger partial charge in [-0.3, -0.25) is 15.0 Å². The number of fused-ring (bicyclic) bond motifs is 1. The van der Waals surface area contributed by atoms with Crippen LogP contribution in [0.3, 0.4) is 0 Å². The van der Waals surface area contributed by atoms with Crippen molar-refractivity contribution in [3.05, 3.63) is 297 Å². The quantitative estimate of drug-likeness (QED) is 0.130. The molecule has 368 valence electrons. The van der Waals surface area contributed by atoms with Crippen LogP contribution in [-0.2, 0) is 0 Å². The minimum Gasteiger partial charge on any atom is -0.256 e. The summed E-state index contributed by atoms with van der Waals surface area (Å²) in [5.41, 5.74) is 18.9. The van der Waals surface area contributed by atoms with Gasteiger partial charge in [0.05, 0.1) is 17.1 Å². The predicted octanol–water partition coefficient (Wildman–Crippen LogP) is 20.0. The van der Waals surface area contributed by atoms with E-state index in [0.717, 1.165) is 94.4 Å². The lowest BCUT2D eigenvalue weighted by Crippen LogP contribution is -1.95. The third-order valence-corrected chi connectivity index (χ3v) is 14.7. The van der Waals surface area contributed by atoms with Crippen LogP contribution in [0.4, 0.5) is 0 Å². The summed E-state index contributed by atoms with van der Waals surface area (Å²) < 4.78 is 53.3. The summed E-state index contributed by atoms with van der Waals surface area (Å²) in [7, 11) is 0. The summed E-state index contributed by atoms with van der Waals surface area (Å²) in [5, 5.41) is 2.04. The molecule has 0 aliphatic carbocycles. The molecule has 0 atom stereocenters. The summed E-state index contributed by atoms with van der Waals surface area (Å²) in [4.78, 5) is 15.1. The number of hydrogen-bond donors (Lipinski definition) is 0. The fourth-order valence-corrected chi connectivity index (χ4v) is 10.8. The van der Waals surface area contributed by atoms with Crippen LogP contribution < -0.4 is 0 Å². The highest BCUT2D eigenvalue weighted by atomic mass is 14.7. The first-order chi connectivity index (χ1) is 40.9. The molecular weight excluding hydrogens is 943 g/mol. The smallest absolute Gasteiger partial charge is 0.0780 e. The molecule has 0 unspecified atom stereocenters. The maximum atomic E-state index is 8.88. The summed E-state index contributed by atoms with van der Waals surface area (Å²) in [6, 6.07) is 89.2. The molecule has 0 aliphatic heterocycles. The number of aromatic nitrogens is 3. The summed E-state index contributed by atoms with van der Waals surface area (Å²) >= 11 is 0. The SMILES string of the molecule is [2H]C([2H])([2H])c1cc(-c2ccccc2)ncc1-c1ccccc1-c1cc(-c2ccccc2-c2cnc(-c3ccccc3)cc2C([2H])([2H])[2H])cc(-c2ccccc2-c2cnc(-c3cccc(-c4ccc(-c5ccccc5)cc4)c3)c3ccccc23)c1. The minimum absolute atomic E-state index is 0.187. The second-order valence-electron chi connectivity index (χ2n) is 19.5. The summed E-state index contributed by atoms with van der Waals surface area (Å²) in [6.07, 6.45) is 5.35. The average molecular weight is 1000 g/mol. The second-order valence-corrected chi connectivity index (χ2v) is 19.5. The molecule has 78 heavy (non-hydrogen) atoms. The highest BCUT2D eigenvalue weighted by Gasteiger charge is 2.20. The third-order valence-electron chi connectivity index (χ3n) is 14.7. The molecule has 0 bridgehead atoms. The van der Waals surface area contributed by atoms with Crippen molar-refractivity contribution in [2.75, 3.05) is 0 Å². The largest absolute Gasteiger partial charge is 0.256 e. The van der Waals surface area contributed by atoms with Crippen LogP contribution in [0.1, 0.15) is 19.4 Å². The Morgan fingerprint density at radius 1 is 0.231 bits per heavy atom. The molecule has 0 amide bonds. The molecule has 0 spiro atoms. The van der Waals surface area contributed by atoms with Crippen molar-refractivity contribution in [2.24, 2.45) is 0 Å². The van der Waals surface area contributed by atoms with Gasteiger partial charge in [0, 0.05) is 65.6 Å². The zero-order valence-corrected chi connectivity index (χ0v) is 42.5. The Labute approximate surface area is 465 Å². The van der Waals surface area contributed by atoms with Gasteiger partial charge in [0.2, 0.25) is 0 Å². The van der Waals surface area contributed by atoms with Crippen molar-refractivity contribution in [1.82, 2.24) is 15.0 Å². The molecule has 10 aromatic carbocycles. The fourth-order valence-electron chi connectivity index (χ4n) is 10.8. The Bertz CT molecular complexity index is 4400. The van der Waals surface area contributed by atoms with E-state index in [1.54, 1.807) is 24.5 Å². The van der Waals surface area contributed by atoms with Gasteiger partial charge in [-0.1, -0.05) is 231 Å². The molecule has 0 saturated carbocycles. The normalized spacial score (nSPS) is 12.7. The Hall–Kier alpha value is -10.1. The molecule has 3 nitrogen and oxygen atoms in total. The van der Waals surface area contributed by atoms with Crippen molar-refractivity contribution >= 4 is 10.8 Å². The van der Waals surface area contributed by atoms with E-state index < -0.39 is 13.7 Å². The number of nitrogens with zero attached hydrogens (tertiary/aromatic N) is 3. The Kier molecular flexibility index (Phi) is 11.0. The molecule has 0 radical (unpaired) electrons. The lowest BCUT2D eigenvalue weighted by atomic mass is 9.85. The second kappa shape index (κ2) is 20.9. The maximum absolute atomic E-state index is 8.88. The zero-order chi connectivity index (χ0) is 57.4. The van der Waals surface area contributed by atoms with E-state index in [9.17, 15) is 0 Å². The van der Waals surface area contributed by atoms with E-state index in [0.29, 0.717) is 33.6 Å². The number of hydrogen-bond acceptors (Lipinski definition) is 3. The van der Waals surface area contributed by atoms with Gasteiger partial charge in [0.15, 0.2) is 0 Å². The van der Waals surface area contributed by atoms with Crippen molar-refractivity contribution in [3.8, 4) is 123 Å². The first kappa shape index (κ1) is 41.2. The standard InChI is InChI=1S/C75H53N3/c1-50-41-73(55-23-8-4-9-24-55)76-47-70(50)65-32-15-12-29-62(65)59-44-60(63-30-13-16-33-66(63)71-48-77-74(42-51(71)2)56-25-10-5-11-26-56)46-61(45-59)64-31-14-17-34-67(64)72-49-78-75(69-36-19-18-35-68(69)72)58-28-20-27-57(43-58)54-39-37-53(38-40-54)52-21-6-3-7-22-52/h3-49H,1-2H3/i1D3,2D3. The molecule has 0 N–H and O–H groups in total. The predicted molar refractivity (Wildman–Crippen MR) is 327 cm³/mol. The van der Waals surface area contributed by atoms with Gasteiger partial charge in [0.25, 0.3) is 0 Å². The van der Waals surface area contributed by atoms with Crippen molar-refractivity contribution in [3.63, 3.8) is 0 Å². The van der Waals surface area contributed by atoms with E-state index in [1.807, 2.05) is 134 Å². The van der Waals surface area contributed by atoms with Gasteiger partial charge in [-0.05, 0) is 139 Å². The van der Waals surface area contributed by atoms with Crippen LogP contribution in [0, 0.1) is 13.7 Å². The van der Waals surface area contributed by atoms with Crippen molar-refractivity contribution in [2.45, 2.75) is 13.7 Å². The number of rotatable bonds is 11. The molecule has 13 rings (SSSR count). The van der Waals surface area contributed by atoms with Crippen LogP contribution in [0.5, 0.6) is 0 Å². The first-order valence-electron chi connectivity index (χ1n) is 29.1. The van der Waals surface area contributed by atoms with Gasteiger partial charge in [-0.25, -0.2) is 0 Å². The average Bonchev–Trinajstić information content (AvgIpc) is 3.54. The maximum Gasteiger partial charge on any atom is 0.0780 e. The highest BCUT2D eigenvalue weighted by Crippen LogP contribution is 2.45. The number of aryl methyl sites for hydroxylation is 2. The first-order valence-corrected chi connectivity index (χ1v) is 26.1. The van der Waals surface area contributed by atoms with Crippen LogP contribution in [0.25, 0.3) is 134 Å². The van der Waals surface area contributed by atoms with Crippen molar-refractivity contribution < 1.29 is 8.22 Å². The van der Waals surface area contributed by atoms with Gasteiger partial charge in [-0.15, -0.1) is 0 Å². The fraction of sp³-hybridized carbons (Fsp3) is 0.0267. The summed E-state index contributed by atoms with van der Waals surface area (Å²) in [6.45, 7) is -4.96. The minimum atomic E-state index is -2.48. The zero-order valence-electron chi connectivity index (χ0n) is 48.5. The van der Waals surface area contributed by atoms with Gasteiger partial charge in [-0.2, -0.15) is 0 Å². The van der Waals surface area contributed by atoms with E-state index >= 15 is 0 Å². The van der Waals surface area contributed by atoms with E-state index in [2.05, 4.69) is 127 Å². The van der Waals surface area contributed by atoms with Gasteiger partial charge < -0.3 is 0 Å². The Balaban J connectivity index is 0.982. The highest BCUT2D eigenvalue weighted by molar-refractivity contribution is 6.06. The van der Waals surface area contributed by atoms with Crippen LogP contribution in [-0.4, -0.2) is 15.0 Å². The van der Waals surface area contributed by atoms with E-state index in [-0.39, 0.29) is 11.1 Å². The Morgan fingerprint density at radius 2 is 0.577 bits per heavy atom. The molecule has 3 heteroatoms. The number of pyridine rings is 3. The number of benzene rings is 10. The van der Waals surface area contributed by atoms with E-state index in [1.165, 1.54) is 5.56 Å². The Morgan fingerprint density at radius 3 is 1.06 bits per heavy atom. The van der Waals surface area contributed by atoms with Gasteiger partial charge >= 0.3 is 0 Å². The third kappa shape index (κ3) is 9.29. The van der Waals surface area contributed by atoms with Crippen LogP contribution in [0.15, 0.2) is 286 Å². The lowest BCUT2D eigenvalue weighted by Gasteiger charge is -2.19. The molecule has 3 heterocycles. The van der Waals surface area contributed by atoms with Crippen LogP contribution >= 0.6 is 0 Å². The van der Waals surface area contributed by atoms with E-state index in [4.69, 9.17) is 23.2 Å². The molecule has 13 aromatic rings. The van der Waals surface area contributed by atoms with Crippen LogP contribution in [0.2, 0.25) is 0 Å². The van der Waals surface area contributed by atoms with Gasteiger partial charge in [0.1, 0.15) is 0 Å². The molecule has 0 aliphatic rings.